The van der Waals surface area contributed by atoms with E-state index in [4.69, 9.17) is 4.74 Å². The quantitative estimate of drug-likeness (QED) is 0.697. The number of ketones is 1. The van der Waals surface area contributed by atoms with Crippen LogP contribution in [0.25, 0.3) is 0 Å². The van der Waals surface area contributed by atoms with Crippen LogP contribution in [0, 0.1) is 17.8 Å². The second-order valence-electron chi connectivity index (χ2n) is 5.02. The normalized spacial score (nSPS) is 32.9. The van der Waals surface area contributed by atoms with Crippen LogP contribution in [0.5, 0.6) is 0 Å². The summed E-state index contributed by atoms with van der Waals surface area (Å²) in [5, 5.41) is 0. The van der Waals surface area contributed by atoms with Gasteiger partial charge in [0.15, 0.2) is 0 Å². The fourth-order valence-corrected chi connectivity index (χ4v) is 2.07. The Balaban J connectivity index is 2.61. The lowest BCUT2D eigenvalue weighted by molar-refractivity contribution is -0.127. The molecular formula is C12H22O2. The average molecular weight is 198 g/mol. The van der Waals surface area contributed by atoms with Gasteiger partial charge in [-0.2, -0.15) is 0 Å². The highest BCUT2D eigenvalue weighted by molar-refractivity contribution is 5.83. The number of carbonyl (C=O) groups is 1. The molecule has 3 atom stereocenters. The van der Waals surface area contributed by atoms with Crippen molar-refractivity contribution in [1.82, 2.24) is 0 Å². The van der Waals surface area contributed by atoms with Crippen LogP contribution in [-0.4, -0.2) is 18.0 Å². The molecular weight excluding hydrogens is 176 g/mol. The molecule has 1 aliphatic heterocycles. The first-order valence-electron chi connectivity index (χ1n) is 5.62. The molecule has 1 rings (SSSR count). The summed E-state index contributed by atoms with van der Waals surface area (Å²) >= 11 is 0. The van der Waals surface area contributed by atoms with Gasteiger partial charge in [0.25, 0.3) is 0 Å². The Bertz CT molecular complexity index is 208. The SMILES string of the molecule is CC(C)C(=O)[C@H]1C[C@@H](C(C)C)O[C@H]1C. The van der Waals surface area contributed by atoms with Gasteiger partial charge in [-0.15, -0.1) is 0 Å². The van der Waals surface area contributed by atoms with Crippen molar-refractivity contribution in [3.8, 4) is 0 Å². The summed E-state index contributed by atoms with van der Waals surface area (Å²) in [6, 6.07) is 0. The van der Waals surface area contributed by atoms with Crippen LogP contribution < -0.4 is 0 Å². The molecule has 2 nitrogen and oxygen atoms in total. The maximum Gasteiger partial charge on any atom is 0.141 e. The Morgan fingerprint density at radius 3 is 2.21 bits per heavy atom. The first-order valence-corrected chi connectivity index (χ1v) is 5.62. The van der Waals surface area contributed by atoms with E-state index in [1.165, 1.54) is 0 Å². The van der Waals surface area contributed by atoms with E-state index in [-0.39, 0.29) is 24.0 Å². The Labute approximate surface area is 87.0 Å². The minimum Gasteiger partial charge on any atom is -0.374 e. The summed E-state index contributed by atoms with van der Waals surface area (Å²) in [4.78, 5) is 11.8. The maximum absolute atomic E-state index is 11.8. The van der Waals surface area contributed by atoms with Gasteiger partial charge < -0.3 is 4.74 Å². The van der Waals surface area contributed by atoms with E-state index in [9.17, 15) is 4.79 Å². The van der Waals surface area contributed by atoms with Gasteiger partial charge >= 0.3 is 0 Å². The summed E-state index contributed by atoms with van der Waals surface area (Å²) < 4.78 is 5.79. The summed E-state index contributed by atoms with van der Waals surface area (Å²) in [7, 11) is 0. The van der Waals surface area contributed by atoms with E-state index < -0.39 is 0 Å². The fourth-order valence-electron chi connectivity index (χ4n) is 2.07. The second kappa shape index (κ2) is 4.43. The molecule has 0 aromatic carbocycles. The minimum atomic E-state index is 0.109. The van der Waals surface area contributed by atoms with Gasteiger partial charge in [-0.05, 0) is 19.3 Å². The first kappa shape index (κ1) is 11.7. The van der Waals surface area contributed by atoms with Crippen LogP contribution in [0.15, 0.2) is 0 Å². The van der Waals surface area contributed by atoms with E-state index in [1.54, 1.807) is 0 Å². The zero-order valence-electron chi connectivity index (χ0n) is 9.91. The lowest BCUT2D eigenvalue weighted by atomic mass is 9.87. The third-order valence-corrected chi connectivity index (χ3v) is 3.12. The van der Waals surface area contributed by atoms with Crippen LogP contribution in [0.4, 0.5) is 0 Å². The van der Waals surface area contributed by atoms with E-state index in [0.29, 0.717) is 11.7 Å². The molecule has 1 heterocycles. The second-order valence-corrected chi connectivity index (χ2v) is 5.02. The number of ether oxygens (including phenoxy) is 1. The Morgan fingerprint density at radius 2 is 1.86 bits per heavy atom. The van der Waals surface area contributed by atoms with Crippen LogP contribution in [-0.2, 0) is 9.53 Å². The van der Waals surface area contributed by atoms with Crippen LogP contribution in [0.1, 0.15) is 41.0 Å². The Hall–Kier alpha value is -0.370. The van der Waals surface area contributed by atoms with Gasteiger partial charge in [0.1, 0.15) is 5.78 Å². The summed E-state index contributed by atoms with van der Waals surface area (Å²) in [5.41, 5.74) is 0. The highest BCUT2D eigenvalue weighted by Crippen LogP contribution is 2.32. The number of Topliss-reactive ketones (excluding diaryl/α,β-unsaturated/α-hetero) is 1. The Kier molecular flexibility index (Phi) is 3.71. The molecule has 1 fully saturated rings. The van der Waals surface area contributed by atoms with Crippen LogP contribution in [0.3, 0.4) is 0 Å². The van der Waals surface area contributed by atoms with Gasteiger partial charge in [0.2, 0.25) is 0 Å². The van der Waals surface area contributed by atoms with Crippen LogP contribution in [0.2, 0.25) is 0 Å². The third kappa shape index (κ3) is 2.35. The number of hydrogen-bond donors (Lipinski definition) is 0. The predicted molar refractivity (Wildman–Crippen MR) is 57.1 cm³/mol. The number of hydrogen-bond acceptors (Lipinski definition) is 2. The van der Waals surface area contributed by atoms with E-state index in [0.717, 1.165) is 6.42 Å². The largest absolute Gasteiger partial charge is 0.374 e. The number of carbonyl (C=O) groups excluding carboxylic acids is 1. The number of rotatable bonds is 3. The monoisotopic (exact) mass is 198 g/mol. The average Bonchev–Trinajstić information content (AvgIpc) is 2.46. The van der Waals surface area contributed by atoms with Crippen molar-refractivity contribution in [3.63, 3.8) is 0 Å². The lowest BCUT2D eigenvalue weighted by Gasteiger charge is -2.14. The molecule has 0 spiro atoms. The molecule has 0 N–H and O–H groups in total. The van der Waals surface area contributed by atoms with Gasteiger partial charge in [0, 0.05) is 11.8 Å². The summed E-state index contributed by atoms with van der Waals surface area (Å²) in [5.74, 6) is 1.14. The molecule has 0 saturated carbocycles. The molecule has 0 radical (unpaired) electrons. The molecule has 0 amide bonds. The predicted octanol–water partition coefficient (Wildman–Crippen LogP) is 2.66. The minimum absolute atomic E-state index is 0.109. The first-order chi connectivity index (χ1) is 6.43. The standard InChI is InChI=1S/C12H22O2/c1-7(2)11-6-10(9(5)14-11)12(13)8(3)4/h7-11H,6H2,1-5H3/t9-,10-,11-/m0/s1. The molecule has 2 heteroatoms. The maximum atomic E-state index is 11.8. The van der Waals surface area contributed by atoms with Gasteiger partial charge in [-0.25, -0.2) is 0 Å². The van der Waals surface area contributed by atoms with Crippen molar-refractivity contribution in [1.29, 1.82) is 0 Å². The third-order valence-electron chi connectivity index (χ3n) is 3.12. The van der Waals surface area contributed by atoms with Gasteiger partial charge in [-0.3, -0.25) is 4.79 Å². The van der Waals surface area contributed by atoms with Gasteiger partial charge in [-0.1, -0.05) is 27.7 Å². The highest BCUT2D eigenvalue weighted by atomic mass is 16.5. The molecule has 82 valence electrons. The van der Waals surface area contributed by atoms with Crippen molar-refractivity contribution in [2.24, 2.45) is 17.8 Å². The van der Waals surface area contributed by atoms with E-state index in [2.05, 4.69) is 13.8 Å². The highest BCUT2D eigenvalue weighted by Gasteiger charge is 2.38. The molecule has 0 bridgehead atoms. The van der Waals surface area contributed by atoms with Crippen molar-refractivity contribution in [2.75, 3.05) is 0 Å². The van der Waals surface area contributed by atoms with Crippen molar-refractivity contribution < 1.29 is 9.53 Å². The van der Waals surface area contributed by atoms with Crippen molar-refractivity contribution in [3.05, 3.63) is 0 Å². The molecule has 14 heavy (non-hydrogen) atoms. The topological polar surface area (TPSA) is 26.3 Å². The molecule has 0 aliphatic carbocycles. The summed E-state index contributed by atoms with van der Waals surface area (Å²) in [6.45, 7) is 10.3. The van der Waals surface area contributed by atoms with Gasteiger partial charge in [0.05, 0.1) is 12.2 Å². The summed E-state index contributed by atoms with van der Waals surface area (Å²) in [6.07, 6.45) is 1.30. The molecule has 1 aliphatic rings. The van der Waals surface area contributed by atoms with Crippen LogP contribution >= 0.6 is 0 Å². The smallest absolute Gasteiger partial charge is 0.141 e. The van der Waals surface area contributed by atoms with E-state index in [1.807, 2.05) is 20.8 Å². The van der Waals surface area contributed by atoms with Crippen molar-refractivity contribution >= 4 is 5.78 Å². The zero-order valence-corrected chi connectivity index (χ0v) is 9.91. The zero-order chi connectivity index (χ0) is 10.9. The molecule has 1 saturated heterocycles. The van der Waals surface area contributed by atoms with E-state index >= 15 is 0 Å². The lowest BCUT2D eigenvalue weighted by Crippen LogP contribution is -2.25. The Morgan fingerprint density at radius 1 is 1.29 bits per heavy atom. The van der Waals surface area contributed by atoms with Crippen molar-refractivity contribution in [2.45, 2.75) is 53.2 Å². The fraction of sp³-hybridized carbons (Fsp3) is 0.917. The molecule has 0 aromatic heterocycles. The molecule has 0 aromatic rings. The molecule has 0 unspecified atom stereocenters.